The van der Waals surface area contributed by atoms with Crippen molar-refractivity contribution < 1.29 is 8.81 Å². The SMILES string of the molecule is CCNC(Cc1ccoc1)c1ccc(C)c(F)c1. The minimum atomic E-state index is -0.150. The highest BCUT2D eigenvalue weighted by atomic mass is 19.1. The molecular weight excluding hydrogens is 229 g/mol. The standard InChI is InChI=1S/C15H18FNO/c1-3-17-15(8-12-6-7-18-10-12)13-5-4-11(2)14(16)9-13/h4-7,9-10,15,17H,3,8H2,1-2H3. The van der Waals surface area contributed by atoms with Crippen molar-refractivity contribution in [3.8, 4) is 0 Å². The Balaban J connectivity index is 2.20. The molecule has 0 aliphatic carbocycles. The topological polar surface area (TPSA) is 25.2 Å². The maximum absolute atomic E-state index is 13.6. The molecule has 0 saturated heterocycles. The lowest BCUT2D eigenvalue weighted by molar-refractivity contribution is 0.530. The number of hydrogen-bond acceptors (Lipinski definition) is 2. The van der Waals surface area contributed by atoms with Crippen LogP contribution in [0.3, 0.4) is 0 Å². The molecule has 0 bridgehead atoms. The van der Waals surface area contributed by atoms with Gasteiger partial charge in [0.2, 0.25) is 0 Å². The van der Waals surface area contributed by atoms with E-state index in [1.54, 1.807) is 25.5 Å². The summed E-state index contributed by atoms with van der Waals surface area (Å²) in [5.74, 6) is -0.150. The zero-order chi connectivity index (χ0) is 13.0. The molecule has 1 N–H and O–H groups in total. The molecule has 0 saturated carbocycles. The van der Waals surface area contributed by atoms with Gasteiger partial charge in [-0.2, -0.15) is 0 Å². The highest BCUT2D eigenvalue weighted by Gasteiger charge is 2.13. The Morgan fingerprint density at radius 2 is 2.17 bits per heavy atom. The third-order valence-corrected chi connectivity index (χ3v) is 3.07. The number of halogens is 1. The smallest absolute Gasteiger partial charge is 0.126 e. The largest absolute Gasteiger partial charge is 0.472 e. The van der Waals surface area contributed by atoms with Gasteiger partial charge >= 0.3 is 0 Å². The van der Waals surface area contributed by atoms with E-state index in [9.17, 15) is 4.39 Å². The lowest BCUT2D eigenvalue weighted by atomic mass is 9.99. The zero-order valence-corrected chi connectivity index (χ0v) is 10.7. The van der Waals surface area contributed by atoms with Crippen molar-refractivity contribution in [2.24, 2.45) is 0 Å². The molecule has 18 heavy (non-hydrogen) atoms. The van der Waals surface area contributed by atoms with Crippen LogP contribution in [0.2, 0.25) is 0 Å². The van der Waals surface area contributed by atoms with E-state index in [1.807, 2.05) is 25.1 Å². The minimum Gasteiger partial charge on any atom is -0.472 e. The van der Waals surface area contributed by atoms with Gasteiger partial charge in [0, 0.05) is 6.04 Å². The Morgan fingerprint density at radius 3 is 2.78 bits per heavy atom. The van der Waals surface area contributed by atoms with Crippen LogP contribution in [0.1, 0.15) is 29.7 Å². The Hall–Kier alpha value is -1.61. The summed E-state index contributed by atoms with van der Waals surface area (Å²) in [7, 11) is 0. The second-order valence-electron chi connectivity index (χ2n) is 4.45. The van der Waals surface area contributed by atoms with Crippen LogP contribution in [-0.2, 0) is 6.42 Å². The number of hydrogen-bond donors (Lipinski definition) is 1. The molecule has 1 heterocycles. The zero-order valence-electron chi connectivity index (χ0n) is 10.7. The first-order valence-corrected chi connectivity index (χ1v) is 6.21. The van der Waals surface area contributed by atoms with Crippen molar-refractivity contribution in [1.82, 2.24) is 5.32 Å². The number of likely N-dealkylation sites (N-methyl/N-ethyl adjacent to an activating group) is 1. The predicted molar refractivity (Wildman–Crippen MR) is 70.0 cm³/mol. The summed E-state index contributed by atoms with van der Waals surface area (Å²) in [6, 6.07) is 7.47. The molecule has 96 valence electrons. The molecule has 0 fully saturated rings. The molecule has 1 unspecified atom stereocenters. The van der Waals surface area contributed by atoms with Crippen LogP contribution >= 0.6 is 0 Å². The van der Waals surface area contributed by atoms with Crippen LogP contribution in [0.4, 0.5) is 4.39 Å². The van der Waals surface area contributed by atoms with Gasteiger partial charge in [0.15, 0.2) is 0 Å². The number of aryl methyl sites for hydroxylation is 1. The first-order chi connectivity index (χ1) is 8.70. The van der Waals surface area contributed by atoms with Crippen molar-refractivity contribution in [3.05, 3.63) is 59.3 Å². The Kier molecular flexibility index (Phi) is 4.15. The maximum Gasteiger partial charge on any atom is 0.126 e. The number of benzene rings is 1. The Morgan fingerprint density at radius 1 is 1.33 bits per heavy atom. The molecule has 3 heteroatoms. The summed E-state index contributed by atoms with van der Waals surface area (Å²) in [4.78, 5) is 0. The molecule has 2 rings (SSSR count). The summed E-state index contributed by atoms with van der Waals surface area (Å²) < 4.78 is 18.7. The molecule has 1 aromatic carbocycles. The first kappa shape index (κ1) is 12.8. The fourth-order valence-electron chi connectivity index (χ4n) is 2.02. The second-order valence-corrected chi connectivity index (χ2v) is 4.45. The van der Waals surface area contributed by atoms with Crippen molar-refractivity contribution in [3.63, 3.8) is 0 Å². The van der Waals surface area contributed by atoms with E-state index in [1.165, 1.54) is 0 Å². The van der Waals surface area contributed by atoms with Crippen molar-refractivity contribution in [1.29, 1.82) is 0 Å². The fourth-order valence-corrected chi connectivity index (χ4v) is 2.02. The number of nitrogens with one attached hydrogen (secondary N) is 1. The van der Waals surface area contributed by atoms with E-state index in [4.69, 9.17) is 4.42 Å². The summed E-state index contributed by atoms with van der Waals surface area (Å²) in [6.07, 6.45) is 4.19. The molecule has 0 amide bonds. The van der Waals surface area contributed by atoms with E-state index in [0.717, 1.165) is 24.1 Å². The molecule has 2 nitrogen and oxygen atoms in total. The fraction of sp³-hybridized carbons (Fsp3) is 0.333. The molecule has 0 aliphatic rings. The van der Waals surface area contributed by atoms with Crippen LogP contribution < -0.4 is 5.32 Å². The van der Waals surface area contributed by atoms with Gasteiger partial charge < -0.3 is 9.73 Å². The van der Waals surface area contributed by atoms with Gasteiger partial charge in [0.1, 0.15) is 5.82 Å². The quantitative estimate of drug-likeness (QED) is 0.873. The van der Waals surface area contributed by atoms with Crippen LogP contribution in [0, 0.1) is 12.7 Å². The maximum atomic E-state index is 13.6. The summed E-state index contributed by atoms with van der Waals surface area (Å²) in [6.45, 7) is 4.67. The molecule has 1 aromatic heterocycles. The third-order valence-electron chi connectivity index (χ3n) is 3.07. The molecule has 0 spiro atoms. The van der Waals surface area contributed by atoms with Gasteiger partial charge in [-0.05, 0) is 48.7 Å². The van der Waals surface area contributed by atoms with Crippen LogP contribution in [0.15, 0.2) is 41.2 Å². The van der Waals surface area contributed by atoms with Gasteiger partial charge in [-0.3, -0.25) is 0 Å². The Labute approximate surface area is 107 Å². The van der Waals surface area contributed by atoms with Gasteiger partial charge in [0.25, 0.3) is 0 Å². The van der Waals surface area contributed by atoms with Gasteiger partial charge in [-0.25, -0.2) is 4.39 Å². The summed E-state index contributed by atoms with van der Waals surface area (Å²) in [5, 5.41) is 3.38. The normalized spacial score (nSPS) is 12.6. The first-order valence-electron chi connectivity index (χ1n) is 6.21. The minimum absolute atomic E-state index is 0.114. The predicted octanol–water partition coefficient (Wildman–Crippen LogP) is 3.62. The third kappa shape index (κ3) is 2.99. The highest BCUT2D eigenvalue weighted by Crippen LogP contribution is 2.21. The number of furan rings is 1. The monoisotopic (exact) mass is 247 g/mol. The number of rotatable bonds is 5. The van der Waals surface area contributed by atoms with Gasteiger partial charge in [0.05, 0.1) is 12.5 Å². The summed E-state index contributed by atoms with van der Waals surface area (Å²) in [5.41, 5.74) is 2.76. The van der Waals surface area contributed by atoms with E-state index in [0.29, 0.717) is 5.56 Å². The van der Waals surface area contributed by atoms with Crippen LogP contribution in [0.5, 0.6) is 0 Å². The summed E-state index contributed by atoms with van der Waals surface area (Å²) >= 11 is 0. The van der Waals surface area contributed by atoms with Crippen molar-refractivity contribution in [2.45, 2.75) is 26.3 Å². The van der Waals surface area contributed by atoms with Gasteiger partial charge in [-0.1, -0.05) is 19.1 Å². The highest BCUT2D eigenvalue weighted by molar-refractivity contribution is 5.27. The average Bonchev–Trinajstić information content (AvgIpc) is 2.85. The van der Waals surface area contributed by atoms with Crippen LogP contribution in [0.25, 0.3) is 0 Å². The van der Waals surface area contributed by atoms with Crippen LogP contribution in [-0.4, -0.2) is 6.54 Å². The molecule has 0 radical (unpaired) electrons. The molecule has 0 aliphatic heterocycles. The Bertz CT molecular complexity index is 493. The molecule has 1 atom stereocenters. The van der Waals surface area contributed by atoms with Gasteiger partial charge in [-0.15, -0.1) is 0 Å². The average molecular weight is 247 g/mol. The molecular formula is C15H18FNO. The molecule has 2 aromatic rings. The van der Waals surface area contributed by atoms with E-state index >= 15 is 0 Å². The van der Waals surface area contributed by atoms with E-state index in [-0.39, 0.29) is 11.9 Å². The lowest BCUT2D eigenvalue weighted by Gasteiger charge is -2.18. The van der Waals surface area contributed by atoms with E-state index in [2.05, 4.69) is 5.32 Å². The van der Waals surface area contributed by atoms with Crippen molar-refractivity contribution >= 4 is 0 Å². The van der Waals surface area contributed by atoms with E-state index < -0.39 is 0 Å². The second kappa shape index (κ2) is 5.83. The lowest BCUT2D eigenvalue weighted by Crippen LogP contribution is -2.23. The van der Waals surface area contributed by atoms with Crippen molar-refractivity contribution in [2.75, 3.05) is 6.54 Å².